The van der Waals surface area contributed by atoms with Crippen molar-refractivity contribution in [1.82, 2.24) is 4.31 Å². The molecule has 8 heteroatoms. The van der Waals surface area contributed by atoms with Crippen LogP contribution in [-0.2, 0) is 14.8 Å². The number of nitrogens with zero attached hydrogens (tertiary/aromatic N) is 1. The van der Waals surface area contributed by atoms with E-state index in [9.17, 15) is 18.3 Å². The van der Waals surface area contributed by atoms with Gasteiger partial charge < -0.3 is 10.4 Å². The lowest BCUT2D eigenvalue weighted by Crippen LogP contribution is -2.42. The molecule has 23 heavy (non-hydrogen) atoms. The molecule has 1 aliphatic rings. The zero-order chi connectivity index (χ0) is 16.4. The Morgan fingerprint density at radius 3 is 2.74 bits per heavy atom. The molecule has 1 aliphatic heterocycles. The first kappa shape index (κ1) is 16.0. The standard InChI is InChI=1S/C15H16N2O4S2/c18-13-7-2-1-5-11(13)16-15(19)12-6-3-9-17(12)23(20,21)14-8-4-10-22-14/h1-2,4-5,7-8,10,12,18H,3,6,9H2,(H,16,19)/t12-/m0/s1. The normalized spacial score (nSPS) is 18.9. The molecule has 122 valence electrons. The summed E-state index contributed by atoms with van der Waals surface area (Å²) in [5.74, 6) is -0.476. The number of hydrogen-bond acceptors (Lipinski definition) is 5. The van der Waals surface area contributed by atoms with Gasteiger partial charge in [-0.1, -0.05) is 18.2 Å². The summed E-state index contributed by atoms with van der Waals surface area (Å²) in [7, 11) is -3.66. The minimum atomic E-state index is -3.66. The highest BCUT2D eigenvalue weighted by Gasteiger charge is 2.40. The molecule has 0 bridgehead atoms. The molecule has 1 aromatic heterocycles. The van der Waals surface area contributed by atoms with E-state index < -0.39 is 22.0 Å². The van der Waals surface area contributed by atoms with Crippen LogP contribution in [0, 0.1) is 0 Å². The van der Waals surface area contributed by atoms with Crippen molar-refractivity contribution in [3.05, 3.63) is 41.8 Å². The van der Waals surface area contributed by atoms with Gasteiger partial charge in [0.1, 0.15) is 16.0 Å². The van der Waals surface area contributed by atoms with E-state index in [-0.39, 0.29) is 15.6 Å². The Hall–Kier alpha value is -1.90. The van der Waals surface area contributed by atoms with Gasteiger partial charge in [-0.3, -0.25) is 4.79 Å². The van der Waals surface area contributed by atoms with Crippen LogP contribution in [0.2, 0.25) is 0 Å². The van der Waals surface area contributed by atoms with Gasteiger partial charge >= 0.3 is 0 Å². The van der Waals surface area contributed by atoms with Gasteiger partial charge in [0.05, 0.1) is 5.69 Å². The molecule has 1 fully saturated rings. The molecule has 0 spiro atoms. The van der Waals surface area contributed by atoms with Crippen LogP contribution < -0.4 is 5.32 Å². The number of aromatic hydroxyl groups is 1. The molecular formula is C15H16N2O4S2. The zero-order valence-electron chi connectivity index (χ0n) is 12.2. The van der Waals surface area contributed by atoms with E-state index in [1.165, 1.54) is 16.4 Å². The molecule has 1 atom stereocenters. The van der Waals surface area contributed by atoms with Gasteiger partial charge in [0.25, 0.3) is 10.0 Å². The van der Waals surface area contributed by atoms with Crippen LogP contribution in [-0.4, -0.2) is 36.3 Å². The average Bonchev–Trinajstić information content (AvgIpc) is 3.21. The zero-order valence-corrected chi connectivity index (χ0v) is 13.8. The van der Waals surface area contributed by atoms with Gasteiger partial charge in [-0.25, -0.2) is 8.42 Å². The maximum absolute atomic E-state index is 12.6. The van der Waals surface area contributed by atoms with Crippen molar-refractivity contribution in [2.75, 3.05) is 11.9 Å². The number of hydrogen-bond donors (Lipinski definition) is 2. The largest absolute Gasteiger partial charge is 0.506 e. The smallest absolute Gasteiger partial charge is 0.253 e. The lowest BCUT2D eigenvalue weighted by atomic mass is 10.2. The number of phenols is 1. The fourth-order valence-corrected chi connectivity index (χ4v) is 5.39. The van der Waals surface area contributed by atoms with E-state index in [1.54, 1.807) is 29.6 Å². The molecule has 0 aliphatic carbocycles. The number of phenolic OH excluding ortho intramolecular Hbond substituents is 1. The van der Waals surface area contributed by atoms with Crippen LogP contribution in [0.25, 0.3) is 0 Å². The summed E-state index contributed by atoms with van der Waals surface area (Å²) in [5, 5.41) is 14.0. The maximum atomic E-state index is 12.6. The highest BCUT2D eigenvalue weighted by molar-refractivity contribution is 7.91. The predicted octanol–water partition coefficient (Wildman–Crippen LogP) is 2.25. The number of anilines is 1. The van der Waals surface area contributed by atoms with E-state index in [0.29, 0.717) is 19.4 Å². The lowest BCUT2D eigenvalue weighted by Gasteiger charge is -2.22. The van der Waals surface area contributed by atoms with Crippen molar-refractivity contribution in [3.8, 4) is 5.75 Å². The summed E-state index contributed by atoms with van der Waals surface area (Å²) in [6, 6.07) is 8.81. The fourth-order valence-electron chi connectivity index (χ4n) is 2.61. The number of carbonyl (C=O) groups excluding carboxylic acids is 1. The van der Waals surface area contributed by atoms with E-state index in [4.69, 9.17) is 0 Å². The summed E-state index contributed by atoms with van der Waals surface area (Å²) in [5.41, 5.74) is 0.276. The molecule has 0 radical (unpaired) electrons. The van der Waals surface area contributed by atoms with Crippen LogP contribution >= 0.6 is 11.3 Å². The van der Waals surface area contributed by atoms with E-state index in [1.807, 2.05) is 0 Å². The first-order chi connectivity index (χ1) is 11.0. The second-order valence-corrected chi connectivity index (χ2v) is 8.28. The third-order valence-electron chi connectivity index (χ3n) is 3.73. The third kappa shape index (κ3) is 3.10. The Kier molecular flexibility index (Phi) is 4.38. The SMILES string of the molecule is O=C(Nc1ccccc1O)[C@@H]1CCCN1S(=O)(=O)c1cccs1. The van der Waals surface area contributed by atoms with E-state index >= 15 is 0 Å². The van der Waals surface area contributed by atoms with E-state index in [2.05, 4.69) is 5.32 Å². The Morgan fingerprint density at radius 2 is 2.04 bits per heavy atom. The highest BCUT2D eigenvalue weighted by Crippen LogP contribution is 2.30. The number of sulfonamides is 1. The lowest BCUT2D eigenvalue weighted by molar-refractivity contribution is -0.119. The Bertz CT molecular complexity index is 803. The molecule has 2 heterocycles. The van der Waals surface area contributed by atoms with Crippen LogP contribution in [0.1, 0.15) is 12.8 Å². The number of carbonyl (C=O) groups is 1. The van der Waals surface area contributed by atoms with Crippen LogP contribution in [0.4, 0.5) is 5.69 Å². The number of para-hydroxylation sites is 2. The summed E-state index contributed by atoms with van der Waals surface area (Å²) in [6.45, 7) is 0.319. The Labute approximate surface area is 138 Å². The first-order valence-electron chi connectivity index (χ1n) is 7.14. The van der Waals surface area contributed by atoms with Crippen LogP contribution in [0.5, 0.6) is 5.75 Å². The van der Waals surface area contributed by atoms with Gasteiger partial charge in [0.2, 0.25) is 5.91 Å². The summed E-state index contributed by atoms with van der Waals surface area (Å²) in [6.07, 6.45) is 1.09. The molecule has 1 aromatic carbocycles. The number of nitrogens with one attached hydrogen (secondary N) is 1. The van der Waals surface area contributed by atoms with Crippen LogP contribution in [0.15, 0.2) is 46.0 Å². The minimum absolute atomic E-state index is 0.0495. The predicted molar refractivity (Wildman–Crippen MR) is 88.0 cm³/mol. The molecule has 0 unspecified atom stereocenters. The third-order valence-corrected chi connectivity index (χ3v) is 7.01. The summed E-state index contributed by atoms with van der Waals surface area (Å²) >= 11 is 1.14. The van der Waals surface area contributed by atoms with Crippen molar-refractivity contribution in [1.29, 1.82) is 0 Å². The van der Waals surface area contributed by atoms with Gasteiger partial charge in [0, 0.05) is 6.54 Å². The van der Waals surface area contributed by atoms with Crippen molar-refractivity contribution in [2.45, 2.75) is 23.1 Å². The van der Waals surface area contributed by atoms with Crippen molar-refractivity contribution in [2.24, 2.45) is 0 Å². The van der Waals surface area contributed by atoms with Crippen molar-refractivity contribution in [3.63, 3.8) is 0 Å². The maximum Gasteiger partial charge on any atom is 0.253 e. The Morgan fingerprint density at radius 1 is 1.26 bits per heavy atom. The quantitative estimate of drug-likeness (QED) is 0.826. The molecule has 6 nitrogen and oxygen atoms in total. The Balaban J connectivity index is 1.82. The number of benzene rings is 1. The van der Waals surface area contributed by atoms with Crippen molar-refractivity contribution < 1.29 is 18.3 Å². The fraction of sp³-hybridized carbons (Fsp3) is 0.267. The number of amides is 1. The molecule has 3 rings (SSSR count). The molecular weight excluding hydrogens is 336 g/mol. The van der Waals surface area contributed by atoms with Gasteiger partial charge in [-0.2, -0.15) is 4.31 Å². The van der Waals surface area contributed by atoms with E-state index in [0.717, 1.165) is 11.3 Å². The second kappa shape index (κ2) is 6.31. The highest BCUT2D eigenvalue weighted by atomic mass is 32.2. The second-order valence-electron chi connectivity index (χ2n) is 5.21. The first-order valence-corrected chi connectivity index (χ1v) is 9.46. The van der Waals surface area contributed by atoms with Crippen molar-refractivity contribution >= 4 is 33.0 Å². The molecule has 0 saturated carbocycles. The average molecular weight is 352 g/mol. The summed E-state index contributed by atoms with van der Waals surface area (Å²) in [4.78, 5) is 12.5. The topological polar surface area (TPSA) is 86.7 Å². The number of rotatable bonds is 4. The van der Waals surface area contributed by atoms with Gasteiger partial charge in [0.15, 0.2) is 0 Å². The molecule has 2 aromatic rings. The van der Waals surface area contributed by atoms with Gasteiger partial charge in [-0.15, -0.1) is 11.3 Å². The minimum Gasteiger partial charge on any atom is -0.506 e. The number of thiophene rings is 1. The molecule has 1 saturated heterocycles. The summed E-state index contributed by atoms with van der Waals surface area (Å²) < 4.78 is 26.8. The van der Waals surface area contributed by atoms with Gasteiger partial charge in [-0.05, 0) is 36.4 Å². The van der Waals surface area contributed by atoms with Crippen LogP contribution in [0.3, 0.4) is 0 Å². The monoisotopic (exact) mass is 352 g/mol. The molecule has 2 N–H and O–H groups in total. The molecule has 1 amide bonds.